The molecule has 0 amide bonds. The SMILES string of the molecule is Cc1cc(S(=O)(=O)N2CCC(C)(C(=O)O)C2)ccc1Br. The van der Waals surface area contributed by atoms with Crippen molar-refractivity contribution in [3.8, 4) is 0 Å². The zero-order valence-electron chi connectivity index (χ0n) is 11.3. The van der Waals surface area contributed by atoms with Crippen molar-refractivity contribution in [2.45, 2.75) is 25.2 Å². The standard InChI is InChI=1S/C13H16BrNO4S/c1-9-7-10(3-4-11(9)14)20(18,19)15-6-5-13(2,8-15)12(16)17/h3-4,7H,5-6,8H2,1-2H3,(H,16,17). The first kappa shape index (κ1) is 15.5. The summed E-state index contributed by atoms with van der Waals surface area (Å²) in [5.74, 6) is -0.956. The third kappa shape index (κ3) is 2.62. The van der Waals surface area contributed by atoms with Crippen LogP contribution in [0.5, 0.6) is 0 Å². The molecule has 1 fully saturated rings. The second kappa shape index (κ2) is 5.13. The number of hydrogen-bond acceptors (Lipinski definition) is 3. The molecule has 1 aliphatic rings. The van der Waals surface area contributed by atoms with Crippen LogP contribution in [0.2, 0.25) is 0 Å². The van der Waals surface area contributed by atoms with Crippen LogP contribution in [-0.2, 0) is 14.8 Å². The van der Waals surface area contributed by atoms with Crippen LogP contribution in [0.4, 0.5) is 0 Å². The van der Waals surface area contributed by atoms with Gasteiger partial charge in [-0.25, -0.2) is 8.42 Å². The quantitative estimate of drug-likeness (QED) is 0.895. The lowest BCUT2D eigenvalue weighted by molar-refractivity contribution is -0.146. The Balaban J connectivity index is 2.33. The van der Waals surface area contributed by atoms with Crippen LogP contribution in [0, 0.1) is 12.3 Å². The van der Waals surface area contributed by atoms with Gasteiger partial charge in [-0.1, -0.05) is 15.9 Å². The summed E-state index contributed by atoms with van der Waals surface area (Å²) in [6, 6.07) is 4.81. The number of aryl methyl sites for hydroxylation is 1. The van der Waals surface area contributed by atoms with E-state index in [1.165, 1.54) is 10.4 Å². The second-order valence-electron chi connectivity index (χ2n) is 5.37. The van der Waals surface area contributed by atoms with Crippen molar-refractivity contribution >= 4 is 31.9 Å². The molecular weight excluding hydrogens is 346 g/mol. The van der Waals surface area contributed by atoms with Crippen LogP contribution in [0.15, 0.2) is 27.6 Å². The topological polar surface area (TPSA) is 74.7 Å². The first-order valence-corrected chi connectivity index (χ1v) is 8.40. The number of carboxylic acids is 1. The highest BCUT2D eigenvalue weighted by Gasteiger charge is 2.44. The molecule has 5 nitrogen and oxygen atoms in total. The molecule has 1 unspecified atom stereocenters. The fourth-order valence-electron chi connectivity index (χ4n) is 2.23. The summed E-state index contributed by atoms with van der Waals surface area (Å²) in [5.41, 5.74) is -0.177. The minimum absolute atomic E-state index is 0.0137. The van der Waals surface area contributed by atoms with E-state index in [4.69, 9.17) is 0 Å². The Morgan fingerprint density at radius 3 is 2.60 bits per heavy atom. The molecule has 7 heteroatoms. The molecule has 1 aromatic carbocycles. The van der Waals surface area contributed by atoms with Gasteiger partial charge < -0.3 is 5.11 Å². The van der Waals surface area contributed by atoms with Gasteiger partial charge in [-0.15, -0.1) is 0 Å². The molecule has 1 saturated heterocycles. The summed E-state index contributed by atoms with van der Waals surface area (Å²) in [6.07, 6.45) is 0.330. The van der Waals surface area contributed by atoms with Gasteiger partial charge in [-0.05, 0) is 44.0 Å². The van der Waals surface area contributed by atoms with E-state index in [0.29, 0.717) is 6.42 Å². The zero-order chi connectivity index (χ0) is 15.1. The largest absolute Gasteiger partial charge is 0.481 e. The molecule has 0 aliphatic carbocycles. The second-order valence-corrected chi connectivity index (χ2v) is 8.16. The predicted molar refractivity (Wildman–Crippen MR) is 78.0 cm³/mol. The molecule has 1 aromatic rings. The number of hydrogen-bond donors (Lipinski definition) is 1. The summed E-state index contributed by atoms with van der Waals surface area (Å²) in [6.45, 7) is 3.64. The van der Waals surface area contributed by atoms with Crippen molar-refractivity contribution < 1.29 is 18.3 Å². The molecule has 2 rings (SSSR count). The third-order valence-electron chi connectivity index (χ3n) is 3.72. The first-order valence-electron chi connectivity index (χ1n) is 6.16. The van der Waals surface area contributed by atoms with Crippen LogP contribution >= 0.6 is 15.9 Å². The molecule has 1 aliphatic heterocycles. The molecule has 0 radical (unpaired) electrons. The van der Waals surface area contributed by atoms with E-state index in [0.717, 1.165) is 10.0 Å². The van der Waals surface area contributed by atoms with Crippen molar-refractivity contribution in [1.29, 1.82) is 0 Å². The lowest BCUT2D eigenvalue weighted by atomic mass is 9.90. The Kier molecular flexibility index (Phi) is 3.96. The van der Waals surface area contributed by atoms with Crippen molar-refractivity contribution in [3.05, 3.63) is 28.2 Å². The van der Waals surface area contributed by atoms with Gasteiger partial charge in [0.05, 0.1) is 10.3 Å². The van der Waals surface area contributed by atoms with Crippen LogP contribution in [0.1, 0.15) is 18.9 Å². The Morgan fingerprint density at radius 1 is 1.45 bits per heavy atom. The normalized spacial score (nSPS) is 23.9. The van der Waals surface area contributed by atoms with Gasteiger partial charge in [0.2, 0.25) is 10.0 Å². The molecule has 1 heterocycles. The highest BCUT2D eigenvalue weighted by atomic mass is 79.9. The van der Waals surface area contributed by atoms with Crippen LogP contribution in [0.3, 0.4) is 0 Å². The average molecular weight is 362 g/mol. The number of carboxylic acid groups (broad SMARTS) is 1. The van der Waals surface area contributed by atoms with E-state index < -0.39 is 21.4 Å². The van der Waals surface area contributed by atoms with E-state index >= 15 is 0 Å². The van der Waals surface area contributed by atoms with Gasteiger partial charge in [0.15, 0.2) is 0 Å². The maximum Gasteiger partial charge on any atom is 0.310 e. The fraction of sp³-hybridized carbons (Fsp3) is 0.462. The molecule has 0 aromatic heterocycles. The Bertz CT molecular complexity index is 658. The number of nitrogens with zero attached hydrogens (tertiary/aromatic N) is 1. The third-order valence-corrected chi connectivity index (χ3v) is 6.45. The summed E-state index contributed by atoms with van der Waals surface area (Å²) < 4.78 is 27.1. The lowest BCUT2D eigenvalue weighted by Crippen LogP contribution is -2.34. The van der Waals surface area contributed by atoms with Crippen molar-refractivity contribution in [1.82, 2.24) is 4.31 Å². The highest BCUT2D eigenvalue weighted by molar-refractivity contribution is 9.10. The zero-order valence-corrected chi connectivity index (χ0v) is 13.7. The summed E-state index contributed by atoms with van der Waals surface area (Å²) >= 11 is 3.33. The molecule has 1 atom stereocenters. The number of benzene rings is 1. The van der Waals surface area contributed by atoms with Crippen molar-refractivity contribution in [2.75, 3.05) is 13.1 Å². The highest BCUT2D eigenvalue weighted by Crippen LogP contribution is 2.34. The number of halogens is 1. The van der Waals surface area contributed by atoms with Crippen molar-refractivity contribution in [3.63, 3.8) is 0 Å². The molecule has 0 saturated carbocycles. The van der Waals surface area contributed by atoms with E-state index in [1.54, 1.807) is 19.1 Å². The summed E-state index contributed by atoms with van der Waals surface area (Å²) in [7, 11) is -3.63. The van der Waals surface area contributed by atoms with Gasteiger partial charge in [0, 0.05) is 17.6 Å². The van der Waals surface area contributed by atoms with Gasteiger partial charge in [0.25, 0.3) is 0 Å². The van der Waals surface area contributed by atoms with Gasteiger partial charge in [-0.2, -0.15) is 4.31 Å². The van der Waals surface area contributed by atoms with Crippen molar-refractivity contribution in [2.24, 2.45) is 5.41 Å². The molecule has 0 spiro atoms. The predicted octanol–water partition coefficient (Wildman–Crippen LogP) is 2.24. The Hall–Kier alpha value is -0.920. The molecular formula is C13H16BrNO4S. The monoisotopic (exact) mass is 361 g/mol. The van der Waals surface area contributed by atoms with Crippen LogP contribution in [-0.4, -0.2) is 36.9 Å². The summed E-state index contributed by atoms with van der Waals surface area (Å²) in [5, 5.41) is 9.18. The fourth-order valence-corrected chi connectivity index (χ4v) is 4.12. The minimum atomic E-state index is -3.63. The Labute approximate surface area is 126 Å². The Morgan fingerprint density at radius 2 is 2.10 bits per heavy atom. The summed E-state index contributed by atoms with van der Waals surface area (Å²) in [4.78, 5) is 11.4. The molecule has 1 N–H and O–H groups in total. The average Bonchev–Trinajstić information content (AvgIpc) is 2.77. The first-order chi connectivity index (χ1) is 9.17. The molecule has 20 heavy (non-hydrogen) atoms. The smallest absolute Gasteiger partial charge is 0.310 e. The van der Waals surface area contributed by atoms with E-state index in [9.17, 15) is 18.3 Å². The van der Waals surface area contributed by atoms with E-state index in [1.807, 2.05) is 6.92 Å². The minimum Gasteiger partial charge on any atom is -0.481 e. The van der Waals surface area contributed by atoms with E-state index in [2.05, 4.69) is 15.9 Å². The number of carbonyl (C=O) groups is 1. The van der Waals surface area contributed by atoms with Gasteiger partial charge in [-0.3, -0.25) is 4.79 Å². The molecule has 0 bridgehead atoms. The van der Waals surface area contributed by atoms with Crippen LogP contribution < -0.4 is 0 Å². The number of sulfonamides is 1. The number of rotatable bonds is 3. The lowest BCUT2D eigenvalue weighted by Gasteiger charge is -2.20. The maximum absolute atomic E-state index is 12.5. The van der Waals surface area contributed by atoms with E-state index in [-0.39, 0.29) is 18.0 Å². The molecule has 110 valence electrons. The maximum atomic E-state index is 12.5. The van der Waals surface area contributed by atoms with Crippen LogP contribution in [0.25, 0.3) is 0 Å². The van der Waals surface area contributed by atoms with Gasteiger partial charge in [0.1, 0.15) is 0 Å². The van der Waals surface area contributed by atoms with Gasteiger partial charge >= 0.3 is 5.97 Å². The number of aliphatic carboxylic acids is 1.